The molecule has 0 aromatic heterocycles. The third-order valence-electron chi connectivity index (χ3n) is 4.52. The minimum Gasteiger partial charge on any atom is -0.338 e. The van der Waals surface area contributed by atoms with E-state index in [4.69, 9.17) is 0 Å². The number of hydrogen-bond acceptors (Lipinski definition) is 2. The van der Waals surface area contributed by atoms with Gasteiger partial charge in [0.05, 0.1) is 0 Å². The zero-order chi connectivity index (χ0) is 14.2. The molecule has 3 rings (SSSR count). The van der Waals surface area contributed by atoms with Crippen LogP contribution in [0.2, 0.25) is 0 Å². The Morgan fingerprint density at radius 1 is 1.20 bits per heavy atom. The highest BCUT2D eigenvalue weighted by atomic mass is 16.2. The fourth-order valence-electron chi connectivity index (χ4n) is 3.02. The second-order valence-electron chi connectivity index (χ2n) is 5.87. The van der Waals surface area contributed by atoms with Gasteiger partial charge in [0.1, 0.15) is 5.54 Å². The molecule has 0 bridgehead atoms. The van der Waals surface area contributed by atoms with Crippen LogP contribution in [0.4, 0.5) is 0 Å². The third kappa shape index (κ3) is 2.09. The number of carbonyl (C=O) groups is 2. The number of rotatable bonds is 2. The van der Waals surface area contributed by atoms with Crippen LogP contribution >= 0.6 is 0 Å². The van der Waals surface area contributed by atoms with Crippen LogP contribution < -0.4 is 5.32 Å². The molecule has 0 radical (unpaired) electrons. The molecular weight excluding hydrogens is 252 g/mol. The summed E-state index contributed by atoms with van der Waals surface area (Å²) in [6, 6.07) is 9.85. The number of amides is 2. The lowest BCUT2D eigenvalue weighted by Gasteiger charge is -2.40. The summed E-state index contributed by atoms with van der Waals surface area (Å²) < 4.78 is 0. The zero-order valence-electron chi connectivity index (χ0n) is 11.8. The maximum absolute atomic E-state index is 13.0. The van der Waals surface area contributed by atoms with Crippen molar-refractivity contribution in [2.24, 2.45) is 0 Å². The van der Waals surface area contributed by atoms with Gasteiger partial charge in [0.15, 0.2) is 0 Å². The van der Waals surface area contributed by atoms with Crippen molar-refractivity contribution in [1.82, 2.24) is 10.2 Å². The molecule has 4 heteroatoms. The SMILES string of the molecule is CC1(c2ccccc2)NC(=O)CCN(C2CCC2)C1=O. The van der Waals surface area contributed by atoms with E-state index in [1.807, 2.05) is 42.2 Å². The summed E-state index contributed by atoms with van der Waals surface area (Å²) in [5.74, 6) is -0.0224. The number of benzene rings is 1. The van der Waals surface area contributed by atoms with Gasteiger partial charge in [-0.2, -0.15) is 0 Å². The lowest BCUT2D eigenvalue weighted by molar-refractivity contribution is -0.142. The first-order chi connectivity index (χ1) is 9.61. The van der Waals surface area contributed by atoms with Gasteiger partial charge in [-0.05, 0) is 31.7 Å². The maximum Gasteiger partial charge on any atom is 0.252 e. The minimum atomic E-state index is -0.940. The second-order valence-corrected chi connectivity index (χ2v) is 5.87. The van der Waals surface area contributed by atoms with E-state index >= 15 is 0 Å². The molecule has 1 atom stereocenters. The number of nitrogens with zero attached hydrogens (tertiary/aromatic N) is 1. The van der Waals surface area contributed by atoms with E-state index in [1.165, 1.54) is 6.42 Å². The van der Waals surface area contributed by atoms with Crippen LogP contribution in [-0.2, 0) is 15.1 Å². The average molecular weight is 272 g/mol. The monoisotopic (exact) mass is 272 g/mol. The first kappa shape index (κ1) is 13.2. The van der Waals surface area contributed by atoms with Crippen molar-refractivity contribution in [2.75, 3.05) is 6.54 Å². The Morgan fingerprint density at radius 2 is 1.90 bits per heavy atom. The van der Waals surface area contributed by atoms with Crippen molar-refractivity contribution in [1.29, 1.82) is 0 Å². The number of carbonyl (C=O) groups excluding carboxylic acids is 2. The molecule has 2 aliphatic rings. The van der Waals surface area contributed by atoms with E-state index in [9.17, 15) is 9.59 Å². The van der Waals surface area contributed by atoms with Gasteiger partial charge < -0.3 is 10.2 Å². The van der Waals surface area contributed by atoms with Gasteiger partial charge in [0, 0.05) is 19.0 Å². The number of hydrogen-bond donors (Lipinski definition) is 1. The molecule has 1 N–H and O–H groups in total. The van der Waals surface area contributed by atoms with Crippen LogP contribution in [0, 0.1) is 0 Å². The fraction of sp³-hybridized carbons (Fsp3) is 0.500. The van der Waals surface area contributed by atoms with Crippen LogP contribution in [0.1, 0.15) is 38.2 Å². The average Bonchev–Trinajstić information content (AvgIpc) is 2.50. The molecule has 1 heterocycles. The van der Waals surface area contributed by atoms with Crippen molar-refractivity contribution < 1.29 is 9.59 Å². The summed E-state index contributed by atoms with van der Waals surface area (Å²) in [6.07, 6.45) is 3.69. The Kier molecular flexibility index (Phi) is 3.24. The largest absolute Gasteiger partial charge is 0.338 e. The standard InChI is InChI=1S/C16H20N2O2/c1-16(12-6-3-2-4-7-12)15(20)18(13-8-5-9-13)11-10-14(19)17-16/h2-4,6-7,13H,5,8-11H2,1H3,(H,17,19). The molecule has 20 heavy (non-hydrogen) atoms. The summed E-state index contributed by atoms with van der Waals surface area (Å²) in [6.45, 7) is 2.36. The Labute approximate surface area is 119 Å². The van der Waals surface area contributed by atoms with Gasteiger partial charge >= 0.3 is 0 Å². The molecule has 1 aromatic rings. The predicted molar refractivity (Wildman–Crippen MR) is 75.9 cm³/mol. The molecule has 2 amide bonds. The van der Waals surface area contributed by atoms with Crippen LogP contribution in [0.25, 0.3) is 0 Å². The highest BCUT2D eigenvalue weighted by molar-refractivity contribution is 5.94. The molecule has 4 nitrogen and oxygen atoms in total. The van der Waals surface area contributed by atoms with E-state index in [-0.39, 0.29) is 11.8 Å². The summed E-state index contributed by atoms with van der Waals surface area (Å²) in [5, 5.41) is 2.92. The first-order valence-corrected chi connectivity index (χ1v) is 7.29. The van der Waals surface area contributed by atoms with Gasteiger partial charge in [-0.25, -0.2) is 0 Å². The van der Waals surface area contributed by atoms with Crippen LogP contribution in [0.15, 0.2) is 30.3 Å². The van der Waals surface area contributed by atoms with Gasteiger partial charge in [0.25, 0.3) is 5.91 Å². The smallest absolute Gasteiger partial charge is 0.252 e. The van der Waals surface area contributed by atoms with Crippen LogP contribution in [-0.4, -0.2) is 29.3 Å². The lowest BCUT2D eigenvalue weighted by Crippen LogP contribution is -2.55. The Morgan fingerprint density at radius 3 is 2.50 bits per heavy atom. The molecule has 1 aliphatic heterocycles. The van der Waals surface area contributed by atoms with E-state index in [1.54, 1.807) is 0 Å². The maximum atomic E-state index is 13.0. The van der Waals surface area contributed by atoms with Gasteiger partial charge in [0.2, 0.25) is 5.91 Å². The topological polar surface area (TPSA) is 49.4 Å². The predicted octanol–water partition coefficient (Wildman–Crippen LogP) is 1.80. The zero-order valence-corrected chi connectivity index (χ0v) is 11.8. The Bertz CT molecular complexity index is 525. The highest BCUT2D eigenvalue weighted by Crippen LogP contribution is 2.32. The van der Waals surface area contributed by atoms with E-state index in [2.05, 4.69) is 5.32 Å². The first-order valence-electron chi connectivity index (χ1n) is 7.29. The van der Waals surface area contributed by atoms with E-state index < -0.39 is 5.54 Å². The van der Waals surface area contributed by atoms with Gasteiger partial charge in [-0.1, -0.05) is 30.3 Å². The Balaban J connectivity index is 1.97. The summed E-state index contributed by atoms with van der Waals surface area (Å²) >= 11 is 0. The molecule has 1 aliphatic carbocycles. The van der Waals surface area contributed by atoms with Crippen molar-refractivity contribution in [2.45, 2.75) is 44.2 Å². The normalized spacial score (nSPS) is 27.8. The van der Waals surface area contributed by atoms with Crippen molar-refractivity contribution in [3.63, 3.8) is 0 Å². The minimum absolute atomic E-state index is 0.0271. The molecule has 2 fully saturated rings. The lowest BCUT2D eigenvalue weighted by atomic mass is 9.86. The molecule has 1 unspecified atom stereocenters. The van der Waals surface area contributed by atoms with Gasteiger partial charge in [-0.15, -0.1) is 0 Å². The molecule has 106 valence electrons. The van der Waals surface area contributed by atoms with Crippen LogP contribution in [0.5, 0.6) is 0 Å². The summed E-state index contributed by atoms with van der Waals surface area (Å²) in [7, 11) is 0. The molecule has 1 aromatic carbocycles. The van der Waals surface area contributed by atoms with Gasteiger partial charge in [-0.3, -0.25) is 9.59 Å². The summed E-state index contributed by atoms with van der Waals surface area (Å²) in [4.78, 5) is 26.9. The quantitative estimate of drug-likeness (QED) is 0.892. The van der Waals surface area contributed by atoms with Crippen molar-refractivity contribution in [3.05, 3.63) is 35.9 Å². The molecular formula is C16H20N2O2. The molecule has 1 saturated heterocycles. The highest BCUT2D eigenvalue weighted by Gasteiger charge is 2.44. The van der Waals surface area contributed by atoms with E-state index in [0.29, 0.717) is 19.0 Å². The summed E-state index contributed by atoms with van der Waals surface area (Å²) in [5.41, 5.74) is -0.0886. The molecule has 0 spiro atoms. The Hall–Kier alpha value is -1.84. The van der Waals surface area contributed by atoms with Crippen molar-refractivity contribution in [3.8, 4) is 0 Å². The van der Waals surface area contributed by atoms with E-state index in [0.717, 1.165) is 18.4 Å². The number of nitrogens with one attached hydrogen (secondary N) is 1. The fourth-order valence-corrected chi connectivity index (χ4v) is 3.02. The van der Waals surface area contributed by atoms with Crippen molar-refractivity contribution >= 4 is 11.8 Å². The second kappa shape index (κ2) is 4.93. The third-order valence-corrected chi connectivity index (χ3v) is 4.52. The molecule has 1 saturated carbocycles. The van der Waals surface area contributed by atoms with Crippen LogP contribution in [0.3, 0.4) is 0 Å².